The van der Waals surface area contributed by atoms with Gasteiger partial charge in [0.05, 0.1) is 17.4 Å². The normalized spacial score (nSPS) is 10.7. The van der Waals surface area contributed by atoms with Crippen molar-refractivity contribution in [2.24, 2.45) is 0 Å². The molecule has 2 aromatic heterocycles. The number of hydrogen-bond acceptors (Lipinski definition) is 4. The molecule has 0 atom stereocenters. The van der Waals surface area contributed by atoms with E-state index >= 15 is 0 Å². The number of fused-ring (bicyclic) bond motifs is 1. The maximum absolute atomic E-state index is 13.1. The summed E-state index contributed by atoms with van der Waals surface area (Å²) in [6, 6.07) is 7.49. The van der Waals surface area contributed by atoms with Crippen molar-refractivity contribution in [2.45, 2.75) is 13.5 Å². The van der Waals surface area contributed by atoms with Crippen LogP contribution in [-0.4, -0.2) is 26.6 Å². The van der Waals surface area contributed by atoms with Crippen LogP contribution >= 0.6 is 0 Å². The Morgan fingerprint density at radius 3 is 2.60 bits per heavy atom. The number of anilines is 1. The highest BCUT2D eigenvalue weighted by atomic mass is 19.1. The van der Waals surface area contributed by atoms with E-state index in [1.165, 1.54) is 25.3 Å². The molecule has 25 heavy (non-hydrogen) atoms. The summed E-state index contributed by atoms with van der Waals surface area (Å²) in [6.07, 6.45) is 3.09. The molecule has 0 fully saturated rings. The van der Waals surface area contributed by atoms with Gasteiger partial charge in [-0.05, 0) is 23.8 Å². The van der Waals surface area contributed by atoms with Crippen LogP contribution in [0.4, 0.5) is 10.1 Å². The molecule has 0 aliphatic rings. The molecule has 0 saturated carbocycles. The van der Waals surface area contributed by atoms with Gasteiger partial charge in [0.15, 0.2) is 0 Å². The lowest BCUT2D eigenvalue weighted by Crippen LogP contribution is -2.24. The Labute approximate surface area is 142 Å². The number of pyridine rings is 1. The fourth-order valence-corrected chi connectivity index (χ4v) is 2.72. The monoisotopic (exact) mass is 342 g/mol. The van der Waals surface area contributed by atoms with Crippen LogP contribution in [0.2, 0.25) is 0 Å². The van der Waals surface area contributed by atoms with Gasteiger partial charge in [0.1, 0.15) is 11.5 Å². The molecule has 1 aromatic carbocycles. The molecule has 0 aliphatic carbocycles. The first-order valence-electron chi connectivity index (χ1n) is 7.44. The van der Waals surface area contributed by atoms with Crippen molar-refractivity contribution in [3.63, 3.8) is 0 Å². The Morgan fingerprint density at radius 1 is 1.24 bits per heavy atom. The zero-order chi connectivity index (χ0) is 18.0. The molecular weight excluding hydrogens is 327 g/mol. The van der Waals surface area contributed by atoms with Crippen LogP contribution in [0.1, 0.15) is 23.0 Å². The second-order valence-electron chi connectivity index (χ2n) is 5.45. The highest BCUT2D eigenvalue weighted by molar-refractivity contribution is 6.12. The Bertz CT molecular complexity index is 950. The average molecular weight is 342 g/mol. The van der Waals surface area contributed by atoms with Gasteiger partial charge in [-0.2, -0.15) is 0 Å². The minimum Gasteiger partial charge on any atom is -0.329 e. The van der Waals surface area contributed by atoms with Crippen molar-refractivity contribution in [3.05, 3.63) is 59.8 Å². The zero-order valence-electron chi connectivity index (χ0n) is 13.3. The van der Waals surface area contributed by atoms with E-state index in [0.29, 0.717) is 10.9 Å². The molecule has 0 radical (unpaired) electrons. The molecule has 0 saturated heterocycles. The third-order valence-corrected chi connectivity index (χ3v) is 3.74. The van der Waals surface area contributed by atoms with Crippen LogP contribution in [0, 0.1) is 5.82 Å². The molecule has 2 heterocycles. The number of aromatic nitrogens is 2. The van der Waals surface area contributed by atoms with E-state index in [9.17, 15) is 14.0 Å². The van der Waals surface area contributed by atoms with Gasteiger partial charge in [-0.15, -0.1) is 0 Å². The highest BCUT2D eigenvalue weighted by Gasteiger charge is 2.23. The summed E-state index contributed by atoms with van der Waals surface area (Å²) in [4.78, 5) is 27.9. The van der Waals surface area contributed by atoms with Gasteiger partial charge in [0.25, 0.3) is 5.91 Å². The number of amides is 2. The minimum absolute atomic E-state index is 0.0741. The molecule has 3 rings (SSSR count). The van der Waals surface area contributed by atoms with E-state index in [4.69, 9.17) is 5.21 Å². The number of nitrogens with one attached hydrogen (secondary N) is 2. The molecule has 3 aromatic rings. The van der Waals surface area contributed by atoms with Crippen LogP contribution in [0.3, 0.4) is 0 Å². The SMILES string of the molecule is CC(=O)Nc1c(C(=O)NO)n(Cc2ccc(F)cc2)c2cnccc12. The summed E-state index contributed by atoms with van der Waals surface area (Å²) in [7, 11) is 0. The van der Waals surface area contributed by atoms with E-state index in [2.05, 4.69) is 10.3 Å². The maximum atomic E-state index is 13.1. The van der Waals surface area contributed by atoms with E-state index < -0.39 is 5.91 Å². The number of nitrogens with zero attached hydrogens (tertiary/aromatic N) is 2. The Morgan fingerprint density at radius 2 is 1.96 bits per heavy atom. The van der Waals surface area contributed by atoms with Gasteiger partial charge >= 0.3 is 0 Å². The average Bonchev–Trinajstić information content (AvgIpc) is 2.89. The summed E-state index contributed by atoms with van der Waals surface area (Å²) in [5, 5.41) is 12.3. The second-order valence-corrected chi connectivity index (χ2v) is 5.45. The molecular formula is C17H15FN4O3. The van der Waals surface area contributed by atoms with Gasteiger partial charge in [-0.1, -0.05) is 12.1 Å². The lowest BCUT2D eigenvalue weighted by atomic mass is 10.2. The number of hydrogen-bond donors (Lipinski definition) is 3. The summed E-state index contributed by atoms with van der Waals surface area (Å²) in [5.41, 5.74) is 3.28. The van der Waals surface area contributed by atoms with Crippen molar-refractivity contribution >= 4 is 28.4 Å². The van der Waals surface area contributed by atoms with Crippen molar-refractivity contribution in [1.82, 2.24) is 15.0 Å². The summed E-state index contributed by atoms with van der Waals surface area (Å²) < 4.78 is 14.7. The molecule has 3 N–H and O–H groups in total. The topological polar surface area (TPSA) is 96.3 Å². The number of rotatable bonds is 4. The molecule has 0 unspecified atom stereocenters. The van der Waals surface area contributed by atoms with Crippen LogP contribution in [0.5, 0.6) is 0 Å². The van der Waals surface area contributed by atoms with E-state index in [0.717, 1.165) is 5.56 Å². The fraction of sp³-hybridized carbons (Fsp3) is 0.118. The molecule has 0 spiro atoms. The number of carbonyl (C=O) groups excluding carboxylic acids is 2. The first-order chi connectivity index (χ1) is 12.0. The molecule has 128 valence electrons. The second kappa shape index (κ2) is 6.70. The van der Waals surface area contributed by atoms with Crippen molar-refractivity contribution in [2.75, 3.05) is 5.32 Å². The predicted molar refractivity (Wildman–Crippen MR) is 88.8 cm³/mol. The Kier molecular flexibility index (Phi) is 4.44. The lowest BCUT2D eigenvalue weighted by molar-refractivity contribution is -0.114. The first kappa shape index (κ1) is 16.6. The smallest absolute Gasteiger partial charge is 0.293 e. The van der Waals surface area contributed by atoms with Gasteiger partial charge in [0, 0.05) is 25.1 Å². The minimum atomic E-state index is -0.776. The van der Waals surface area contributed by atoms with E-state index in [1.54, 1.807) is 34.4 Å². The molecule has 0 bridgehead atoms. The standard InChI is InChI=1S/C17H15FN4O3/c1-10(23)20-15-13-6-7-19-8-14(13)22(16(15)17(24)21-25)9-11-2-4-12(18)5-3-11/h2-8,25H,9H2,1H3,(H,20,23)(H,21,24). The summed E-state index contributed by atoms with van der Waals surface area (Å²) in [6.45, 7) is 1.55. The van der Waals surface area contributed by atoms with Crippen molar-refractivity contribution in [1.29, 1.82) is 0 Å². The number of halogens is 1. The van der Waals surface area contributed by atoms with Gasteiger partial charge in [-0.25, -0.2) is 9.87 Å². The highest BCUT2D eigenvalue weighted by Crippen LogP contribution is 2.31. The number of hydroxylamine groups is 1. The fourth-order valence-electron chi connectivity index (χ4n) is 2.72. The van der Waals surface area contributed by atoms with Crippen LogP contribution in [-0.2, 0) is 11.3 Å². The Balaban J connectivity index is 2.22. The van der Waals surface area contributed by atoms with E-state index in [1.807, 2.05) is 0 Å². The van der Waals surface area contributed by atoms with Crippen molar-refractivity contribution < 1.29 is 19.2 Å². The van der Waals surface area contributed by atoms with E-state index in [-0.39, 0.29) is 29.7 Å². The van der Waals surface area contributed by atoms with Crippen molar-refractivity contribution in [3.8, 4) is 0 Å². The molecule has 0 aliphatic heterocycles. The van der Waals surface area contributed by atoms with Gasteiger partial charge in [0.2, 0.25) is 5.91 Å². The molecule has 8 heteroatoms. The maximum Gasteiger partial charge on any atom is 0.293 e. The zero-order valence-corrected chi connectivity index (χ0v) is 13.3. The summed E-state index contributed by atoms with van der Waals surface area (Å²) >= 11 is 0. The number of carbonyl (C=O) groups is 2. The lowest BCUT2D eigenvalue weighted by Gasteiger charge is -2.11. The Hall–Kier alpha value is -3.26. The van der Waals surface area contributed by atoms with Gasteiger partial charge < -0.3 is 9.88 Å². The quantitative estimate of drug-likeness (QED) is 0.501. The third-order valence-electron chi connectivity index (χ3n) is 3.74. The van der Waals surface area contributed by atoms with Crippen LogP contribution < -0.4 is 10.8 Å². The van der Waals surface area contributed by atoms with Crippen LogP contribution in [0.15, 0.2) is 42.7 Å². The summed E-state index contributed by atoms with van der Waals surface area (Å²) in [5.74, 6) is -1.50. The predicted octanol–water partition coefficient (Wildman–Crippen LogP) is 2.30. The van der Waals surface area contributed by atoms with Crippen LogP contribution in [0.25, 0.3) is 10.9 Å². The largest absolute Gasteiger partial charge is 0.329 e. The number of benzene rings is 1. The molecule has 7 nitrogen and oxygen atoms in total. The third kappa shape index (κ3) is 3.20. The molecule has 2 amide bonds. The van der Waals surface area contributed by atoms with Gasteiger partial charge in [-0.3, -0.25) is 19.8 Å². The first-order valence-corrected chi connectivity index (χ1v) is 7.44.